The molecule has 1 unspecified atom stereocenters. The fraction of sp³-hybridized carbons (Fsp3) is 0.333. The molecule has 1 saturated heterocycles. The first-order valence-corrected chi connectivity index (χ1v) is 8.11. The van der Waals surface area contributed by atoms with Crippen molar-refractivity contribution in [3.63, 3.8) is 0 Å². The lowest BCUT2D eigenvalue weighted by molar-refractivity contribution is -0.125. The van der Waals surface area contributed by atoms with Crippen LogP contribution in [0.25, 0.3) is 0 Å². The van der Waals surface area contributed by atoms with Gasteiger partial charge in [-0.3, -0.25) is 14.7 Å². The molecule has 1 aromatic rings. The topological polar surface area (TPSA) is 85.6 Å². The lowest BCUT2D eigenvalue weighted by Gasteiger charge is -2.18. The van der Waals surface area contributed by atoms with Crippen molar-refractivity contribution >= 4 is 17.6 Å². The van der Waals surface area contributed by atoms with Gasteiger partial charge >= 0.3 is 6.03 Å². The van der Waals surface area contributed by atoms with E-state index in [0.29, 0.717) is 17.8 Å². The highest BCUT2D eigenvalue weighted by atomic mass is 19.1. The highest BCUT2D eigenvalue weighted by Crippen LogP contribution is 2.44. The largest absolute Gasteiger partial charge is 0.329 e. The summed E-state index contributed by atoms with van der Waals surface area (Å²) in [5.74, 6) is -0.307. The number of dihydropyridines is 1. The number of nitrogens with one attached hydrogen (secondary N) is 1. The predicted molar refractivity (Wildman–Crippen MR) is 87.3 cm³/mol. The molecule has 0 spiro atoms. The van der Waals surface area contributed by atoms with Crippen molar-refractivity contribution in [2.75, 3.05) is 13.1 Å². The van der Waals surface area contributed by atoms with Crippen molar-refractivity contribution in [3.8, 4) is 6.07 Å². The number of carbonyl (C=O) groups is 2. The van der Waals surface area contributed by atoms with E-state index in [-0.39, 0.29) is 41.9 Å². The molecule has 7 heteroatoms. The van der Waals surface area contributed by atoms with Gasteiger partial charge in [0, 0.05) is 24.1 Å². The van der Waals surface area contributed by atoms with Crippen LogP contribution in [-0.2, 0) is 4.79 Å². The summed E-state index contributed by atoms with van der Waals surface area (Å²) < 4.78 is 13.4. The highest BCUT2D eigenvalue weighted by molar-refractivity contribution is 6.09. The average molecular weight is 338 g/mol. The number of nitriles is 1. The lowest BCUT2D eigenvalue weighted by Crippen LogP contribution is -2.35. The van der Waals surface area contributed by atoms with Gasteiger partial charge in [0.15, 0.2) is 0 Å². The highest BCUT2D eigenvalue weighted by Gasteiger charge is 2.51. The Morgan fingerprint density at radius 1 is 1.36 bits per heavy atom. The van der Waals surface area contributed by atoms with Gasteiger partial charge in [-0.2, -0.15) is 5.26 Å². The van der Waals surface area contributed by atoms with Crippen LogP contribution in [0.4, 0.5) is 9.18 Å². The van der Waals surface area contributed by atoms with Crippen LogP contribution in [-0.4, -0.2) is 41.7 Å². The van der Waals surface area contributed by atoms with Gasteiger partial charge in [-0.15, -0.1) is 0 Å². The van der Waals surface area contributed by atoms with E-state index in [0.717, 1.165) is 6.42 Å². The van der Waals surface area contributed by atoms with Crippen LogP contribution in [0, 0.1) is 29.0 Å². The Morgan fingerprint density at radius 2 is 2.20 bits per heavy atom. The number of amides is 3. The summed E-state index contributed by atoms with van der Waals surface area (Å²) in [6, 6.07) is 5.84. The molecule has 3 aliphatic rings. The Bertz CT molecular complexity index is 854. The predicted octanol–water partition coefficient (Wildman–Crippen LogP) is 1.61. The Morgan fingerprint density at radius 3 is 2.84 bits per heavy atom. The zero-order valence-electron chi connectivity index (χ0n) is 13.3. The molecule has 6 nitrogen and oxygen atoms in total. The maximum atomic E-state index is 13.4. The van der Waals surface area contributed by atoms with Crippen LogP contribution in [0.2, 0.25) is 0 Å². The van der Waals surface area contributed by atoms with E-state index in [2.05, 4.69) is 10.3 Å². The number of halogens is 1. The second kappa shape index (κ2) is 5.81. The fourth-order valence-electron chi connectivity index (χ4n) is 3.50. The van der Waals surface area contributed by atoms with Crippen LogP contribution in [0.1, 0.15) is 17.5 Å². The van der Waals surface area contributed by atoms with Crippen molar-refractivity contribution in [2.45, 2.75) is 12.5 Å². The molecule has 0 radical (unpaired) electrons. The van der Waals surface area contributed by atoms with Crippen molar-refractivity contribution in [2.24, 2.45) is 16.8 Å². The van der Waals surface area contributed by atoms with Crippen molar-refractivity contribution in [1.29, 1.82) is 5.26 Å². The van der Waals surface area contributed by atoms with Gasteiger partial charge in [0.2, 0.25) is 5.91 Å². The Hall–Kier alpha value is -3.01. The molecular weight excluding hydrogens is 323 g/mol. The summed E-state index contributed by atoms with van der Waals surface area (Å²) in [5, 5.41) is 11.5. The van der Waals surface area contributed by atoms with Gasteiger partial charge in [0.05, 0.1) is 17.8 Å². The molecule has 4 rings (SSSR count). The van der Waals surface area contributed by atoms with Gasteiger partial charge in [0.25, 0.3) is 0 Å². The van der Waals surface area contributed by atoms with Gasteiger partial charge in [-0.05, 0) is 36.6 Å². The zero-order chi connectivity index (χ0) is 17.6. The maximum Gasteiger partial charge on any atom is 0.324 e. The molecule has 0 aromatic heterocycles. The van der Waals surface area contributed by atoms with Crippen molar-refractivity contribution in [3.05, 3.63) is 47.3 Å². The summed E-state index contributed by atoms with van der Waals surface area (Å²) in [5.41, 5.74) is 1.41. The number of benzene rings is 1. The molecule has 2 heterocycles. The van der Waals surface area contributed by atoms with E-state index in [4.69, 9.17) is 5.26 Å². The van der Waals surface area contributed by atoms with Crippen molar-refractivity contribution < 1.29 is 14.0 Å². The molecule has 3 atom stereocenters. The SMILES string of the molecule is N#Cc1cc(C2=NCC([C@@H]3C[C@H]3N3C(=O)CNC3=O)C=C2)ccc1F. The summed E-state index contributed by atoms with van der Waals surface area (Å²) in [6.45, 7) is 0.632. The third kappa shape index (κ3) is 2.70. The van der Waals surface area contributed by atoms with Crippen LogP contribution in [0.3, 0.4) is 0 Å². The Balaban J connectivity index is 1.44. The van der Waals surface area contributed by atoms with Crippen LogP contribution < -0.4 is 5.32 Å². The van der Waals surface area contributed by atoms with Gasteiger partial charge < -0.3 is 5.32 Å². The van der Waals surface area contributed by atoms with Gasteiger partial charge in [-0.1, -0.05) is 6.08 Å². The first-order chi connectivity index (χ1) is 12.1. The zero-order valence-corrected chi connectivity index (χ0v) is 13.3. The molecule has 3 amide bonds. The number of hydrogen-bond donors (Lipinski definition) is 1. The second-order valence-corrected chi connectivity index (χ2v) is 6.44. The monoisotopic (exact) mass is 338 g/mol. The molecule has 2 aliphatic heterocycles. The summed E-state index contributed by atoms with van der Waals surface area (Å²) in [6.07, 6.45) is 4.69. The minimum atomic E-state index is -0.543. The van der Waals surface area contributed by atoms with Crippen LogP contribution in [0.15, 0.2) is 35.3 Å². The molecule has 1 aliphatic carbocycles. The normalized spacial score (nSPS) is 27.8. The standard InChI is InChI=1S/C18H15FN4O2/c19-14-3-1-10(5-12(14)7-20)15-4-2-11(8-21-15)13-6-16(13)23-17(24)9-22-18(23)25/h1-5,11,13,16H,6,8-9H2,(H,22,25)/t11?,13-,16+/m0/s1. The van der Waals surface area contributed by atoms with Crippen LogP contribution in [0.5, 0.6) is 0 Å². The fourth-order valence-corrected chi connectivity index (χ4v) is 3.50. The molecule has 1 aromatic carbocycles. The third-order valence-electron chi connectivity index (χ3n) is 4.92. The molecule has 0 bridgehead atoms. The third-order valence-corrected chi connectivity index (χ3v) is 4.92. The van der Waals surface area contributed by atoms with E-state index in [9.17, 15) is 14.0 Å². The number of aliphatic imine (C=N–C) groups is 1. The Kier molecular flexibility index (Phi) is 3.61. The van der Waals surface area contributed by atoms with E-state index in [1.807, 2.05) is 18.2 Å². The minimum absolute atomic E-state index is 0.00320. The first-order valence-electron chi connectivity index (χ1n) is 8.11. The van der Waals surface area contributed by atoms with E-state index >= 15 is 0 Å². The number of nitrogens with zero attached hydrogens (tertiary/aromatic N) is 3. The van der Waals surface area contributed by atoms with Crippen LogP contribution >= 0.6 is 0 Å². The summed E-state index contributed by atoms with van der Waals surface area (Å²) >= 11 is 0. The number of hydrogen-bond acceptors (Lipinski definition) is 4. The lowest BCUT2D eigenvalue weighted by atomic mass is 9.97. The van der Waals surface area contributed by atoms with Crippen molar-refractivity contribution in [1.82, 2.24) is 10.2 Å². The average Bonchev–Trinajstić information content (AvgIpc) is 3.34. The smallest absolute Gasteiger partial charge is 0.324 e. The quantitative estimate of drug-likeness (QED) is 0.850. The number of allylic oxidation sites excluding steroid dienone is 1. The first kappa shape index (κ1) is 15.5. The van der Waals surface area contributed by atoms with E-state index in [1.165, 1.54) is 17.0 Å². The number of carbonyl (C=O) groups excluding carboxylic acids is 2. The summed E-state index contributed by atoms with van der Waals surface area (Å²) in [4.78, 5) is 29.3. The van der Waals surface area contributed by atoms with Gasteiger partial charge in [-0.25, -0.2) is 9.18 Å². The molecule has 2 fully saturated rings. The molecule has 126 valence electrons. The number of rotatable bonds is 3. The Labute approximate surface area is 143 Å². The second-order valence-electron chi connectivity index (χ2n) is 6.44. The number of imide groups is 1. The van der Waals surface area contributed by atoms with E-state index < -0.39 is 5.82 Å². The summed E-state index contributed by atoms with van der Waals surface area (Å²) in [7, 11) is 0. The van der Waals surface area contributed by atoms with E-state index in [1.54, 1.807) is 6.07 Å². The maximum absolute atomic E-state index is 13.4. The molecular formula is C18H15FN4O2. The molecule has 1 saturated carbocycles. The molecule has 25 heavy (non-hydrogen) atoms. The van der Waals surface area contributed by atoms with Gasteiger partial charge in [0.1, 0.15) is 11.9 Å². The number of urea groups is 1. The molecule has 1 N–H and O–H groups in total. The minimum Gasteiger partial charge on any atom is -0.329 e.